The maximum Gasteiger partial charge on any atom is 0.267 e. The largest absolute Gasteiger partial charge is 0.336 e. The molecular weight excluding hydrogens is 522 g/mol. The summed E-state index contributed by atoms with van der Waals surface area (Å²) in [6, 6.07) is 2.11. The lowest BCUT2D eigenvalue weighted by Crippen LogP contribution is -2.59. The van der Waals surface area contributed by atoms with Gasteiger partial charge in [-0.05, 0) is 91.4 Å². The van der Waals surface area contributed by atoms with E-state index in [0.717, 1.165) is 50.5 Å². The predicted molar refractivity (Wildman–Crippen MR) is 150 cm³/mol. The van der Waals surface area contributed by atoms with Gasteiger partial charge in [-0.15, -0.1) is 0 Å². The van der Waals surface area contributed by atoms with E-state index in [2.05, 4.69) is 33.8 Å². The first-order valence-electron chi connectivity index (χ1n) is 15.7. The number of ketones is 2. The zero-order valence-electron chi connectivity index (χ0n) is 25.0. The normalized spacial score (nSPS) is 42.6. The Morgan fingerprint density at radius 2 is 1.80 bits per heavy atom. The maximum absolute atomic E-state index is 14.3. The van der Waals surface area contributed by atoms with E-state index < -0.39 is 17.9 Å². The lowest BCUT2D eigenvalue weighted by Gasteiger charge is -2.64. The van der Waals surface area contributed by atoms with Crippen LogP contribution < -0.4 is 0 Å². The van der Waals surface area contributed by atoms with E-state index in [0.29, 0.717) is 12.8 Å². The topological polar surface area (TPSA) is 78.2 Å². The van der Waals surface area contributed by atoms with E-state index >= 15 is 0 Å². The number of nitriles is 1. The van der Waals surface area contributed by atoms with Crippen LogP contribution in [-0.2, 0) is 14.4 Å². The van der Waals surface area contributed by atoms with Crippen molar-refractivity contribution in [3.05, 3.63) is 23.3 Å². The van der Waals surface area contributed by atoms with Crippen molar-refractivity contribution in [2.24, 2.45) is 45.3 Å². The molecule has 5 aliphatic carbocycles. The Morgan fingerprint density at radius 1 is 1.05 bits per heavy atom. The van der Waals surface area contributed by atoms with Crippen LogP contribution in [0.3, 0.4) is 0 Å². The number of fused-ring (bicyclic) bond motifs is 7. The van der Waals surface area contributed by atoms with E-state index in [4.69, 9.17) is 0 Å². The highest BCUT2D eigenvalue weighted by Gasteiger charge is 2.63. The zero-order valence-corrected chi connectivity index (χ0v) is 25.0. The number of Topliss-reactive ketones (excluding diaryl/α,β-unsaturated/α-hetero) is 1. The van der Waals surface area contributed by atoms with Crippen LogP contribution in [0.2, 0.25) is 0 Å². The van der Waals surface area contributed by atoms with E-state index in [-0.39, 0.29) is 82.3 Å². The lowest BCUT2D eigenvalue weighted by atomic mass is 9.39. The fraction of sp³-hybridized carbons (Fsp3) is 0.765. The van der Waals surface area contributed by atoms with Crippen molar-refractivity contribution in [2.75, 3.05) is 13.1 Å². The highest BCUT2D eigenvalue weighted by molar-refractivity contribution is 6.01. The summed E-state index contributed by atoms with van der Waals surface area (Å²) < 4.78 is 27.6. The number of nitrogens with zero attached hydrogens (tertiary/aromatic N) is 2. The van der Waals surface area contributed by atoms with Crippen molar-refractivity contribution in [3.63, 3.8) is 0 Å². The van der Waals surface area contributed by atoms with Crippen molar-refractivity contribution in [1.29, 1.82) is 5.26 Å². The number of allylic oxidation sites excluding steroid dienone is 4. The molecule has 1 aliphatic heterocycles. The Bertz CT molecular complexity index is 1290. The minimum absolute atomic E-state index is 0.0849. The fourth-order valence-electron chi connectivity index (χ4n) is 10.4. The minimum atomic E-state index is -2.79. The number of carbonyl (C=O) groups is 3. The van der Waals surface area contributed by atoms with Gasteiger partial charge in [0.2, 0.25) is 5.91 Å². The van der Waals surface area contributed by atoms with Gasteiger partial charge in [0.1, 0.15) is 6.07 Å². The average Bonchev–Trinajstić information content (AvgIpc) is 3.28. The van der Waals surface area contributed by atoms with Gasteiger partial charge in [0.25, 0.3) is 5.92 Å². The molecule has 0 bridgehead atoms. The lowest BCUT2D eigenvalue weighted by molar-refractivity contribution is -0.148. The van der Waals surface area contributed by atoms with Crippen molar-refractivity contribution >= 4 is 17.5 Å². The second-order valence-corrected chi connectivity index (χ2v) is 15.6. The van der Waals surface area contributed by atoms with Crippen LogP contribution in [0, 0.1) is 56.7 Å². The molecule has 5 nitrogen and oxygen atoms in total. The standard InChI is InChI=1S/C34H44F2N2O3/c1-30(2)11-12-33(10-7-28(41)38-14-13-34(35,36)20-38)9-6-23-29(24(33)18-30)26(40)16-27-31(23,3)8-5-22-15-25(39)21(19-37)17-32(22,27)4/h16-17,22-24,29H,5-15,18,20H2,1-4H3. The highest BCUT2D eigenvalue weighted by atomic mass is 19.3. The number of alkyl halides is 2. The third kappa shape index (κ3) is 4.45. The summed E-state index contributed by atoms with van der Waals surface area (Å²) in [7, 11) is 0. The molecule has 6 aliphatic rings. The highest BCUT2D eigenvalue weighted by Crippen LogP contribution is 2.69. The van der Waals surface area contributed by atoms with Gasteiger partial charge in [-0.2, -0.15) is 5.26 Å². The van der Waals surface area contributed by atoms with E-state index in [1.807, 2.05) is 12.2 Å². The quantitative estimate of drug-likeness (QED) is 0.375. The molecule has 41 heavy (non-hydrogen) atoms. The summed E-state index contributed by atoms with van der Waals surface area (Å²) in [5, 5.41) is 9.67. The van der Waals surface area contributed by atoms with Crippen LogP contribution in [-0.4, -0.2) is 41.4 Å². The molecular formula is C34H44F2N2O3. The molecule has 6 rings (SSSR count). The number of likely N-dealkylation sites (tertiary alicyclic amines) is 1. The summed E-state index contributed by atoms with van der Waals surface area (Å²) >= 11 is 0. The van der Waals surface area contributed by atoms with Crippen molar-refractivity contribution in [2.45, 2.75) is 104 Å². The first kappa shape index (κ1) is 28.7. The zero-order chi connectivity index (χ0) is 29.6. The Labute approximate surface area is 242 Å². The number of halogens is 2. The number of hydrogen-bond donors (Lipinski definition) is 0. The Kier molecular flexibility index (Phi) is 6.53. The fourth-order valence-corrected chi connectivity index (χ4v) is 10.4. The van der Waals surface area contributed by atoms with Gasteiger partial charge in [-0.1, -0.05) is 39.3 Å². The van der Waals surface area contributed by atoms with Crippen molar-refractivity contribution in [3.8, 4) is 6.07 Å². The van der Waals surface area contributed by atoms with Gasteiger partial charge in [-0.25, -0.2) is 8.78 Å². The third-order valence-electron chi connectivity index (χ3n) is 12.8. The van der Waals surface area contributed by atoms with Crippen molar-refractivity contribution in [1.82, 2.24) is 4.90 Å². The summed E-state index contributed by atoms with van der Waals surface area (Å²) in [4.78, 5) is 41.3. The van der Waals surface area contributed by atoms with E-state index in [1.165, 1.54) is 4.90 Å². The molecule has 0 aromatic heterocycles. The molecule has 1 saturated heterocycles. The first-order chi connectivity index (χ1) is 19.1. The SMILES string of the molecule is CC1(C)CCC2(CCC(=O)N3CCC(F)(F)C3)CCC3C(C(=O)C=C4C5(C)C=C(C#N)C(=O)CC5CCC43C)C2C1. The smallest absolute Gasteiger partial charge is 0.267 e. The molecule has 1 amide bonds. The molecule has 1 heterocycles. The molecule has 0 N–H and O–H groups in total. The van der Waals surface area contributed by atoms with Gasteiger partial charge >= 0.3 is 0 Å². The van der Waals surface area contributed by atoms with Crippen LogP contribution in [0.1, 0.15) is 98.3 Å². The van der Waals surface area contributed by atoms with Crippen molar-refractivity contribution < 1.29 is 23.2 Å². The van der Waals surface area contributed by atoms with Crippen LogP contribution in [0.5, 0.6) is 0 Å². The number of carbonyl (C=O) groups excluding carboxylic acids is 3. The van der Waals surface area contributed by atoms with Gasteiger partial charge in [0, 0.05) is 37.1 Å². The average molecular weight is 567 g/mol. The molecule has 222 valence electrons. The molecule has 7 atom stereocenters. The summed E-state index contributed by atoms with van der Waals surface area (Å²) in [6.45, 7) is 8.67. The maximum atomic E-state index is 14.3. The predicted octanol–water partition coefficient (Wildman–Crippen LogP) is 6.83. The van der Waals surface area contributed by atoms with Crippen LogP contribution in [0.25, 0.3) is 0 Å². The molecule has 4 fully saturated rings. The summed E-state index contributed by atoms with van der Waals surface area (Å²) in [5.74, 6) is -2.55. The second-order valence-electron chi connectivity index (χ2n) is 15.6. The minimum Gasteiger partial charge on any atom is -0.336 e. The number of amides is 1. The third-order valence-corrected chi connectivity index (χ3v) is 12.8. The van der Waals surface area contributed by atoms with Gasteiger partial charge in [0.05, 0.1) is 12.1 Å². The molecule has 0 spiro atoms. The van der Waals surface area contributed by atoms with E-state index in [1.54, 1.807) is 0 Å². The molecule has 7 heteroatoms. The molecule has 7 unspecified atom stereocenters. The molecule has 0 aromatic rings. The second kappa shape index (κ2) is 9.32. The summed E-state index contributed by atoms with van der Waals surface area (Å²) in [5.41, 5.74) is 0.641. The number of hydrogen-bond acceptors (Lipinski definition) is 4. The van der Waals surface area contributed by atoms with Crippen LogP contribution in [0.4, 0.5) is 8.78 Å². The molecule has 3 saturated carbocycles. The van der Waals surface area contributed by atoms with Gasteiger partial charge in [-0.3, -0.25) is 14.4 Å². The van der Waals surface area contributed by atoms with Crippen LogP contribution >= 0.6 is 0 Å². The van der Waals surface area contributed by atoms with E-state index in [9.17, 15) is 28.4 Å². The van der Waals surface area contributed by atoms with Crippen LogP contribution in [0.15, 0.2) is 23.3 Å². The van der Waals surface area contributed by atoms with Gasteiger partial charge in [0.15, 0.2) is 11.6 Å². The first-order valence-corrected chi connectivity index (χ1v) is 15.7. The summed E-state index contributed by atoms with van der Waals surface area (Å²) in [6.07, 6.45) is 11.4. The Morgan fingerprint density at radius 3 is 2.49 bits per heavy atom. The van der Waals surface area contributed by atoms with Gasteiger partial charge < -0.3 is 4.90 Å². The number of rotatable bonds is 3. The monoisotopic (exact) mass is 566 g/mol. The Balaban J connectivity index is 1.33. The Hall–Kier alpha value is -2.36. The molecule has 0 aromatic carbocycles. The molecule has 0 radical (unpaired) electrons.